The van der Waals surface area contributed by atoms with Crippen LogP contribution in [0.4, 0.5) is 0 Å². The Labute approximate surface area is 230 Å². The molecule has 2 heteroatoms. The molecule has 0 atom stereocenters. The Morgan fingerprint density at radius 1 is 0.395 bits per heavy atom. The van der Waals surface area contributed by atoms with Crippen molar-refractivity contribution in [3.63, 3.8) is 0 Å². The first-order valence-electron chi connectivity index (χ1n) is 13.9. The zero-order valence-corrected chi connectivity index (χ0v) is 26.1. The number of ether oxygens (including phenoxy) is 2. The molecule has 0 spiro atoms. The van der Waals surface area contributed by atoms with E-state index in [1.807, 2.05) is 0 Å². The van der Waals surface area contributed by atoms with E-state index in [0.717, 1.165) is 11.5 Å². The summed E-state index contributed by atoms with van der Waals surface area (Å²) in [5.74, 6) is 2.13. The van der Waals surface area contributed by atoms with Crippen LogP contribution < -0.4 is 9.47 Å². The molecule has 0 N–H and O–H groups in total. The molecule has 2 aliphatic rings. The molecule has 38 heavy (non-hydrogen) atoms. The molecule has 2 heterocycles. The Kier molecular flexibility index (Phi) is 6.88. The minimum absolute atomic E-state index is 0.189. The third-order valence-electron chi connectivity index (χ3n) is 9.21. The number of rotatable bonds is 0. The van der Waals surface area contributed by atoms with Crippen LogP contribution in [0.25, 0.3) is 22.9 Å². The van der Waals surface area contributed by atoms with Crippen LogP contribution in [0.5, 0.6) is 11.5 Å². The highest BCUT2D eigenvalue weighted by atomic mass is 16.5. The molecule has 202 valence electrons. The normalized spacial score (nSPS) is 16.3. The summed E-state index contributed by atoms with van der Waals surface area (Å²) in [4.78, 5) is 0. The van der Waals surface area contributed by atoms with Gasteiger partial charge in [-0.05, 0) is 170 Å². The lowest BCUT2D eigenvalue weighted by molar-refractivity contribution is 0.157. The van der Waals surface area contributed by atoms with Crippen LogP contribution in [0, 0.1) is 69.2 Å². The van der Waals surface area contributed by atoms with Crippen molar-refractivity contribution >= 4 is 22.9 Å². The van der Waals surface area contributed by atoms with Crippen molar-refractivity contribution in [1.82, 2.24) is 0 Å². The first kappa shape index (κ1) is 28.0. The van der Waals surface area contributed by atoms with Gasteiger partial charge in [-0.15, -0.1) is 0 Å². The smallest absolute Gasteiger partial charge is 0.136 e. The van der Waals surface area contributed by atoms with E-state index in [4.69, 9.17) is 9.47 Å². The monoisotopic (exact) mass is 510 g/mol. The van der Waals surface area contributed by atoms with E-state index in [0.29, 0.717) is 0 Å². The lowest BCUT2D eigenvalue weighted by Gasteiger charge is -2.32. The molecule has 0 aromatic heterocycles. The molecule has 0 bridgehead atoms. The Morgan fingerprint density at radius 2 is 0.737 bits per heavy atom. The molecule has 2 aliphatic heterocycles. The first-order chi connectivity index (χ1) is 17.5. The van der Waals surface area contributed by atoms with Gasteiger partial charge in [0.2, 0.25) is 0 Å². The van der Waals surface area contributed by atoms with Crippen LogP contribution in [-0.4, -0.2) is 11.2 Å². The lowest BCUT2D eigenvalue weighted by Crippen LogP contribution is -2.28. The van der Waals surface area contributed by atoms with Crippen molar-refractivity contribution in [1.29, 1.82) is 0 Å². The standard InChI is InChI=1S/C21H26O.C15H20O/c1-11-12(2)15(5)19-18(14(11)4)16(6)13(3)17-9-10-21(7,8)22-20(17)19;1-9-10(2)12(4)14-13(11(9)3)7-8-15(5,6)16-14/h9-10H,1-8H3;7-8H,1-6H3. The number of fused-ring (bicyclic) bond motifs is 4. The number of aryl methyl sites for hydroxylation is 3. The van der Waals surface area contributed by atoms with Crippen molar-refractivity contribution in [2.75, 3.05) is 0 Å². The maximum atomic E-state index is 6.41. The third-order valence-corrected chi connectivity index (χ3v) is 9.21. The molecule has 0 unspecified atom stereocenters. The average Bonchev–Trinajstić information content (AvgIpc) is 2.85. The van der Waals surface area contributed by atoms with E-state index < -0.39 is 0 Å². The Bertz CT molecular complexity index is 1540. The van der Waals surface area contributed by atoms with E-state index >= 15 is 0 Å². The lowest BCUT2D eigenvalue weighted by atomic mass is 9.84. The van der Waals surface area contributed by atoms with E-state index in [1.54, 1.807) is 0 Å². The minimum Gasteiger partial charge on any atom is -0.483 e. The molecule has 2 nitrogen and oxygen atoms in total. The Balaban J connectivity index is 0.000000186. The summed E-state index contributed by atoms with van der Waals surface area (Å²) in [6.45, 7) is 30.5. The van der Waals surface area contributed by atoms with E-state index in [1.165, 1.54) is 77.5 Å². The van der Waals surface area contributed by atoms with Crippen LogP contribution in [0.15, 0.2) is 12.2 Å². The highest BCUT2D eigenvalue weighted by Crippen LogP contribution is 2.45. The molecule has 0 aliphatic carbocycles. The number of hydrogen-bond acceptors (Lipinski definition) is 2. The summed E-state index contributed by atoms with van der Waals surface area (Å²) < 4.78 is 12.5. The van der Waals surface area contributed by atoms with Gasteiger partial charge in [0.05, 0.1) is 0 Å². The van der Waals surface area contributed by atoms with Crippen LogP contribution in [-0.2, 0) is 0 Å². The van der Waals surface area contributed by atoms with Crippen LogP contribution in [0.2, 0.25) is 0 Å². The van der Waals surface area contributed by atoms with Crippen LogP contribution >= 0.6 is 0 Å². The second-order valence-corrected chi connectivity index (χ2v) is 12.6. The molecular formula is C36H46O2. The van der Waals surface area contributed by atoms with Gasteiger partial charge in [0.25, 0.3) is 0 Å². The van der Waals surface area contributed by atoms with Crippen molar-refractivity contribution in [2.24, 2.45) is 0 Å². The Hall–Kier alpha value is -3.00. The zero-order chi connectivity index (χ0) is 28.5. The highest BCUT2D eigenvalue weighted by Gasteiger charge is 2.28. The second-order valence-electron chi connectivity index (χ2n) is 12.6. The Morgan fingerprint density at radius 3 is 1.26 bits per heavy atom. The van der Waals surface area contributed by atoms with Gasteiger partial charge >= 0.3 is 0 Å². The van der Waals surface area contributed by atoms with Crippen LogP contribution in [0.1, 0.15) is 94.5 Å². The molecule has 3 aromatic rings. The van der Waals surface area contributed by atoms with E-state index in [9.17, 15) is 0 Å². The predicted octanol–water partition coefficient (Wildman–Crippen LogP) is 9.98. The first-order valence-corrected chi connectivity index (χ1v) is 13.9. The van der Waals surface area contributed by atoms with Crippen molar-refractivity contribution in [2.45, 2.75) is 108 Å². The topological polar surface area (TPSA) is 18.5 Å². The molecule has 0 saturated carbocycles. The molecule has 0 saturated heterocycles. The average molecular weight is 511 g/mol. The maximum absolute atomic E-state index is 6.41. The molecule has 0 fully saturated rings. The summed E-state index contributed by atoms with van der Waals surface area (Å²) in [5.41, 5.74) is 15.6. The molecular weight excluding hydrogens is 464 g/mol. The highest BCUT2D eigenvalue weighted by molar-refractivity contribution is 6.01. The van der Waals surface area contributed by atoms with Gasteiger partial charge in [-0.25, -0.2) is 0 Å². The summed E-state index contributed by atoms with van der Waals surface area (Å²) in [5, 5.41) is 2.68. The quantitative estimate of drug-likeness (QED) is 0.299. The molecule has 5 rings (SSSR count). The van der Waals surface area contributed by atoms with E-state index in [-0.39, 0.29) is 11.2 Å². The number of hydrogen-bond donors (Lipinski definition) is 0. The largest absolute Gasteiger partial charge is 0.483 e. The van der Waals surface area contributed by atoms with E-state index in [2.05, 4.69) is 121 Å². The third kappa shape index (κ3) is 4.46. The summed E-state index contributed by atoms with van der Waals surface area (Å²) in [7, 11) is 0. The fraction of sp³-hybridized carbons (Fsp3) is 0.444. The maximum Gasteiger partial charge on any atom is 0.136 e. The van der Waals surface area contributed by atoms with Gasteiger partial charge in [0.1, 0.15) is 22.7 Å². The fourth-order valence-electron chi connectivity index (χ4n) is 5.87. The summed E-state index contributed by atoms with van der Waals surface area (Å²) in [6.07, 6.45) is 8.74. The van der Waals surface area contributed by atoms with Crippen molar-refractivity contribution in [3.05, 3.63) is 78.9 Å². The SMILES string of the molecule is Cc1c(C)c(C)c2c(c1C)C=CC(C)(C)O2.Cc1c(C)c(C)c2c3c(c(C)c(C)c2c1C)C=CC(C)(C)O3. The van der Waals surface area contributed by atoms with Crippen molar-refractivity contribution in [3.8, 4) is 11.5 Å². The van der Waals surface area contributed by atoms with Gasteiger partial charge < -0.3 is 9.47 Å². The number of benzene rings is 3. The summed E-state index contributed by atoms with van der Waals surface area (Å²) in [6, 6.07) is 0. The van der Waals surface area contributed by atoms with Crippen LogP contribution in [0.3, 0.4) is 0 Å². The van der Waals surface area contributed by atoms with Gasteiger partial charge in [-0.2, -0.15) is 0 Å². The molecule has 0 amide bonds. The zero-order valence-electron chi connectivity index (χ0n) is 26.1. The van der Waals surface area contributed by atoms with Gasteiger partial charge in [-0.3, -0.25) is 0 Å². The minimum atomic E-state index is -0.249. The van der Waals surface area contributed by atoms with Gasteiger partial charge in [0.15, 0.2) is 0 Å². The van der Waals surface area contributed by atoms with Crippen molar-refractivity contribution < 1.29 is 9.47 Å². The van der Waals surface area contributed by atoms with Gasteiger partial charge in [-0.1, -0.05) is 12.2 Å². The second kappa shape index (κ2) is 9.33. The van der Waals surface area contributed by atoms with Gasteiger partial charge in [0, 0.05) is 16.5 Å². The fourth-order valence-corrected chi connectivity index (χ4v) is 5.87. The molecule has 0 radical (unpaired) electrons. The molecule has 3 aromatic carbocycles. The predicted molar refractivity (Wildman–Crippen MR) is 165 cm³/mol. The summed E-state index contributed by atoms with van der Waals surface area (Å²) >= 11 is 0.